The average molecular weight is 176 g/mol. The summed E-state index contributed by atoms with van der Waals surface area (Å²) in [4.78, 5) is 21.0. The van der Waals surface area contributed by atoms with Crippen molar-refractivity contribution in [3.8, 4) is 0 Å². The van der Waals surface area contributed by atoms with Crippen molar-refractivity contribution in [2.75, 3.05) is 0 Å². The lowest BCUT2D eigenvalue weighted by Gasteiger charge is -2.10. The number of primary amides is 2. The highest BCUT2D eigenvalue weighted by molar-refractivity contribution is 8.01. The fourth-order valence-electron chi connectivity index (χ4n) is 0.440. The fraction of sp³-hybridized carbons (Fsp3) is 0.667. The molecule has 0 spiro atoms. The predicted molar refractivity (Wildman–Crippen MR) is 44.9 cm³/mol. The molecule has 0 rings (SSSR count). The molecule has 4 nitrogen and oxygen atoms in total. The third kappa shape index (κ3) is 3.87. The second kappa shape index (κ2) is 4.23. The molecule has 11 heavy (non-hydrogen) atoms. The number of thioether (sulfide) groups is 1. The van der Waals surface area contributed by atoms with E-state index in [9.17, 15) is 9.59 Å². The monoisotopic (exact) mass is 176 g/mol. The van der Waals surface area contributed by atoms with Crippen molar-refractivity contribution >= 4 is 23.6 Å². The fourth-order valence-corrected chi connectivity index (χ4v) is 1.32. The zero-order valence-corrected chi connectivity index (χ0v) is 7.35. The molecule has 0 heterocycles. The Hall–Kier alpha value is -0.710. The molecule has 0 radical (unpaired) electrons. The maximum absolute atomic E-state index is 10.5. The van der Waals surface area contributed by atoms with Crippen molar-refractivity contribution in [2.45, 2.75) is 24.3 Å². The van der Waals surface area contributed by atoms with Crippen LogP contribution in [0.5, 0.6) is 0 Å². The topological polar surface area (TPSA) is 86.2 Å². The van der Waals surface area contributed by atoms with Gasteiger partial charge in [0.2, 0.25) is 11.8 Å². The molecule has 0 aliphatic carbocycles. The number of amides is 2. The van der Waals surface area contributed by atoms with Gasteiger partial charge in [0.15, 0.2) is 0 Å². The van der Waals surface area contributed by atoms with Gasteiger partial charge in [-0.1, -0.05) is 0 Å². The SMILES string of the molecule is C[C@H](S[C@H](C)C(N)=O)C(N)=O. The number of carbonyl (C=O) groups is 2. The summed E-state index contributed by atoms with van der Waals surface area (Å²) in [6.45, 7) is 3.29. The Kier molecular flexibility index (Phi) is 3.95. The van der Waals surface area contributed by atoms with Crippen LogP contribution < -0.4 is 11.5 Å². The molecule has 2 atom stereocenters. The second-order valence-electron chi connectivity index (χ2n) is 2.23. The Bertz CT molecular complexity index is 154. The Labute approximate surface area is 69.7 Å². The smallest absolute Gasteiger partial charge is 0.230 e. The summed E-state index contributed by atoms with van der Waals surface area (Å²) >= 11 is 1.17. The predicted octanol–water partition coefficient (Wildman–Crippen LogP) is -0.533. The largest absolute Gasteiger partial charge is 0.369 e. The van der Waals surface area contributed by atoms with E-state index >= 15 is 0 Å². The van der Waals surface area contributed by atoms with Crippen molar-refractivity contribution in [1.82, 2.24) is 0 Å². The molecule has 0 unspecified atom stereocenters. The lowest BCUT2D eigenvalue weighted by Crippen LogP contribution is -2.29. The zero-order chi connectivity index (χ0) is 9.02. The summed E-state index contributed by atoms with van der Waals surface area (Å²) < 4.78 is 0. The average Bonchev–Trinajstić information content (AvgIpc) is 1.87. The first-order chi connectivity index (χ1) is 4.95. The molecule has 0 aromatic heterocycles. The number of hydrogen-bond donors (Lipinski definition) is 2. The lowest BCUT2D eigenvalue weighted by molar-refractivity contribution is -0.117. The highest BCUT2D eigenvalue weighted by atomic mass is 32.2. The van der Waals surface area contributed by atoms with E-state index in [1.54, 1.807) is 13.8 Å². The van der Waals surface area contributed by atoms with Gasteiger partial charge in [0.25, 0.3) is 0 Å². The molecule has 64 valence electrons. The Morgan fingerprint density at radius 3 is 1.55 bits per heavy atom. The highest BCUT2D eigenvalue weighted by Crippen LogP contribution is 2.16. The first-order valence-corrected chi connectivity index (χ1v) is 4.13. The number of rotatable bonds is 4. The molecule has 0 fully saturated rings. The molecule has 5 heteroatoms. The highest BCUT2D eigenvalue weighted by Gasteiger charge is 2.16. The molecular formula is C6H12N2O2S. The van der Waals surface area contributed by atoms with E-state index in [0.717, 1.165) is 0 Å². The van der Waals surface area contributed by atoms with Crippen molar-refractivity contribution in [3.63, 3.8) is 0 Å². The van der Waals surface area contributed by atoms with Gasteiger partial charge in [-0.3, -0.25) is 9.59 Å². The summed E-state index contributed by atoms with van der Waals surface area (Å²) in [7, 11) is 0. The summed E-state index contributed by atoms with van der Waals surface area (Å²) in [5, 5.41) is -0.727. The molecule has 0 aromatic rings. The second-order valence-corrected chi connectivity index (χ2v) is 3.91. The quantitative estimate of drug-likeness (QED) is 0.603. The molecule has 0 aromatic carbocycles. The summed E-state index contributed by atoms with van der Waals surface area (Å²) in [6.07, 6.45) is 0. The third-order valence-electron chi connectivity index (χ3n) is 1.21. The van der Waals surface area contributed by atoms with Gasteiger partial charge < -0.3 is 11.5 Å². The van der Waals surface area contributed by atoms with Crippen LogP contribution in [0, 0.1) is 0 Å². The third-order valence-corrected chi connectivity index (χ3v) is 2.49. The van der Waals surface area contributed by atoms with Crippen LogP contribution in [-0.4, -0.2) is 22.3 Å². The van der Waals surface area contributed by atoms with Gasteiger partial charge in [0.1, 0.15) is 0 Å². The maximum atomic E-state index is 10.5. The Balaban J connectivity index is 3.84. The van der Waals surface area contributed by atoms with Crippen LogP contribution in [0.2, 0.25) is 0 Å². The van der Waals surface area contributed by atoms with Gasteiger partial charge in [0.05, 0.1) is 10.5 Å². The number of hydrogen-bond acceptors (Lipinski definition) is 3. The van der Waals surface area contributed by atoms with Gasteiger partial charge in [0, 0.05) is 0 Å². The molecular weight excluding hydrogens is 164 g/mol. The van der Waals surface area contributed by atoms with E-state index < -0.39 is 11.8 Å². The van der Waals surface area contributed by atoms with Crippen LogP contribution in [0.25, 0.3) is 0 Å². The van der Waals surface area contributed by atoms with Crippen LogP contribution in [0.1, 0.15) is 13.8 Å². The Morgan fingerprint density at radius 2 is 1.36 bits per heavy atom. The van der Waals surface area contributed by atoms with Gasteiger partial charge >= 0.3 is 0 Å². The normalized spacial score (nSPS) is 15.5. The van der Waals surface area contributed by atoms with Crippen LogP contribution in [-0.2, 0) is 9.59 Å². The summed E-state index contributed by atoms with van der Waals surface area (Å²) in [6, 6.07) is 0. The van der Waals surface area contributed by atoms with Crippen molar-refractivity contribution in [3.05, 3.63) is 0 Å². The van der Waals surface area contributed by atoms with Crippen molar-refractivity contribution in [1.29, 1.82) is 0 Å². The minimum Gasteiger partial charge on any atom is -0.369 e. The van der Waals surface area contributed by atoms with E-state index in [-0.39, 0.29) is 10.5 Å². The van der Waals surface area contributed by atoms with E-state index in [2.05, 4.69) is 0 Å². The van der Waals surface area contributed by atoms with Gasteiger partial charge in [-0.05, 0) is 13.8 Å². The number of nitrogens with two attached hydrogens (primary N) is 2. The number of carbonyl (C=O) groups excluding carboxylic acids is 2. The van der Waals surface area contributed by atoms with Crippen molar-refractivity contribution in [2.24, 2.45) is 11.5 Å². The van der Waals surface area contributed by atoms with Gasteiger partial charge in [-0.25, -0.2) is 0 Å². The van der Waals surface area contributed by atoms with Crippen LogP contribution in [0.3, 0.4) is 0 Å². The molecule has 2 amide bonds. The molecule has 0 aliphatic heterocycles. The lowest BCUT2D eigenvalue weighted by atomic mass is 10.4. The molecule has 0 bridgehead atoms. The Morgan fingerprint density at radius 1 is 1.09 bits per heavy atom. The van der Waals surface area contributed by atoms with E-state index in [0.29, 0.717) is 0 Å². The standard InChI is InChI=1S/C6H12N2O2S/c1-3(5(7)9)11-4(2)6(8)10/h3-4H,1-2H3,(H2,7,9)(H2,8,10)/t3-,4+. The van der Waals surface area contributed by atoms with Gasteiger partial charge in [-0.15, -0.1) is 11.8 Å². The minimum absolute atomic E-state index is 0.363. The molecule has 0 saturated heterocycles. The summed E-state index contributed by atoms with van der Waals surface area (Å²) in [5.74, 6) is -0.855. The first-order valence-electron chi connectivity index (χ1n) is 3.19. The van der Waals surface area contributed by atoms with Crippen LogP contribution >= 0.6 is 11.8 Å². The zero-order valence-electron chi connectivity index (χ0n) is 6.53. The summed E-state index contributed by atoms with van der Waals surface area (Å²) in [5.41, 5.74) is 9.95. The van der Waals surface area contributed by atoms with E-state index in [1.807, 2.05) is 0 Å². The molecule has 0 aliphatic rings. The first kappa shape index (κ1) is 10.3. The molecule has 0 saturated carbocycles. The van der Waals surface area contributed by atoms with E-state index in [1.165, 1.54) is 11.8 Å². The van der Waals surface area contributed by atoms with Crippen LogP contribution in [0.4, 0.5) is 0 Å². The van der Waals surface area contributed by atoms with E-state index in [4.69, 9.17) is 11.5 Å². The van der Waals surface area contributed by atoms with Crippen LogP contribution in [0.15, 0.2) is 0 Å². The van der Waals surface area contributed by atoms with Gasteiger partial charge in [-0.2, -0.15) is 0 Å². The minimum atomic E-state index is -0.428. The van der Waals surface area contributed by atoms with Crippen molar-refractivity contribution < 1.29 is 9.59 Å². The molecule has 4 N–H and O–H groups in total. The maximum Gasteiger partial charge on any atom is 0.230 e.